The van der Waals surface area contributed by atoms with Gasteiger partial charge in [-0.3, -0.25) is 23.9 Å². The van der Waals surface area contributed by atoms with Crippen LogP contribution in [0.2, 0.25) is 0 Å². The van der Waals surface area contributed by atoms with Crippen LogP contribution in [0.25, 0.3) is 10.9 Å². The molecule has 9 heteroatoms. The maximum atomic E-state index is 13.5. The number of carbonyl (C=O) groups excluding carboxylic acids is 2. The van der Waals surface area contributed by atoms with E-state index in [4.69, 9.17) is 9.72 Å². The fourth-order valence-corrected chi connectivity index (χ4v) is 5.36. The molecule has 1 aromatic heterocycles. The van der Waals surface area contributed by atoms with Crippen molar-refractivity contribution in [2.24, 2.45) is 0 Å². The van der Waals surface area contributed by atoms with Crippen molar-refractivity contribution < 1.29 is 14.3 Å². The number of thioether (sulfide) groups is 1. The Bertz CT molecular complexity index is 1330. The molecular weight excluding hydrogens is 452 g/mol. The van der Waals surface area contributed by atoms with E-state index in [0.29, 0.717) is 40.6 Å². The van der Waals surface area contributed by atoms with Crippen LogP contribution < -0.4 is 15.8 Å². The molecule has 34 heavy (non-hydrogen) atoms. The number of para-hydroxylation sites is 3. The second-order valence-electron chi connectivity index (χ2n) is 9.01. The van der Waals surface area contributed by atoms with Crippen molar-refractivity contribution in [3.8, 4) is 0 Å². The van der Waals surface area contributed by atoms with E-state index in [9.17, 15) is 14.4 Å². The summed E-state index contributed by atoms with van der Waals surface area (Å²) in [6.07, 6.45) is 1.80. The van der Waals surface area contributed by atoms with E-state index in [1.54, 1.807) is 36.6 Å². The number of carbonyl (C=O) groups is 2. The molecule has 2 aromatic carbocycles. The van der Waals surface area contributed by atoms with Crippen LogP contribution in [0.4, 0.5) is 11.4 Å². The van der Waals surface area contributed by atoms with Crippen LogP contribution in [0.15, 0.2) is 58.5 Å². The Kier molecular flexibility index (Phi) is 5.91. The third kappa shape index (κ3) is 3.99. The van der Waals surface area contributed by atoms with E-state index >= 15 is 0 Å². The smallest absolute Gasteiger partial charge is 0.262 e. The van der Waals surface area contributed by atoms with Gasteiger partial charge >= 0.3 is 0 Å². The van der Waals surface area contributed by atoms with E-state index in [1.807, 2.05) is 30.3 Å². The first-order chi connectivity index (χ1) is 16.4. The summed E-state index contributed by atoms with van der Waals surface area (Å²) in [4.78, 5) is 45.8. The van der Waals surface area contributed by atoms with Gasteiger partial charge in [-0.15, -0.1) is 0 Å². The van der Waals surface area contributed by atoms with Gasteiger partial charge in [0.15, 0.2) is 5.16 Å². The zero-order valence-electron chi connectivity index (χ0n) is 19.1. The molecule has 0 unspecified atom stereocenters. The maximum Gasteiger partial charge on any atom is 0.262 e. The van der Waals surface area contributed by atoms with Gasteiger partial charge in [0.05, 0.1) is 40.7 Å². The lowest BCUT2D eigenvalue weighted by Crippen LogP contribution is -2.59. The molecule has 0 radical (unpaired) electrons. The van der Waals surface area contributed by atoms with Crippen LogP contribution in [-0.2, 0) is 20.9 Å². The number of nitrogens with one attached hydrogen (secondary N) is 1. The van der Waals surface area contributed by atoms with Crippen molar-refractivity contribution in [3.63, 3.8) is 0 Å². The zero-order valence-corrected chi connectivity index (χ0v) is 19.9. The molecular formula is C25H26N4O4S. The van der Waals surface area contributed by atoms with Crippen molar-refractivity contribution in [3.05, 3.63) is 58.9 Å². The largest absolute Gasteiger partial charge is 0.376 e. The second-order valence-corrected chi connectivity index (χ2v) is 9.95. The average Bonchev–Trinajstić information content (AvgIpc) is 3.33. The summed E-state index contributed by atoms with van der Waals surface area (Å²) in [7, 11) is 0. The van der Waals surface area contributed by atoms with Crippen LogP contribution >= 0.6 is 11.8 Å². The zero-order chi connectivity index (χ0) is 23.9. The molecule has 2 aliphatic heterocycles. The van der Waals surface area contributed by atoms with Crippen molar-refractivity contribution in [2.75, 3.05) is 22.6 Å². The van der Waals surface area contributed by atoms with Crippen LogP contribution in [-0.4, -0.2) is 45.4 Å². The number of aromatic nitrogens is 2. The van der Waals surface area contributed by atoms with E-state index in [1.165, 1.54) is 16.7 Å². The second kappa shape index (κ2) is 8.88. The fourth-order valence-electron chi connectivity index (χ4n) is 4.50. The topological polar surface area (TPSA) is 93.5 Å². The average molecular weight is 479 g/mol. The molecule has 0 aliphatic carbocycles. The van der Waals surface area contributed by atoms with Gasteiger partial charge in [0.1, 0.15) is 5.54 Å². The summed E-state index contributed by atoms with van der Waals surface area (Å²) < 4.78 is 7.38. The molecule has 1 saturated heterocycles. The standard InChI is InChI=1S/C25H26N4O4S/c1-25(2)23(32)26-19-11-5-6-12-20(19)29(25)21(30)15-34-24-27-18-10-4-3-9-17(18)22(31)28(24)14-16-8-7-13-33-16/h3-6,9-12,16H,7-8,13-15H2,1-2H3,(H,26,32)/t16-/m1/s1. The molecule has 1 atom stereocenters. The van der Waals surface area contributed by atoms with E-state index in [-0.39, 0.29) is 29.2 Å². The molecule has 2 aliphatic rings. The van der Waals surface area contributed by atoms with Crippen LogP contribution in [0.1, 0.15) is 26.7 Å². The van der Waals surface area contributed by atoms with Gasteiger partial charge in [-0.05, 0) is 51.0 Å². The number of nitrogens with zero attached hydrogens (tertiary/aromatic N) is 3. The summed E-state index contributed by atoms with van der Waals surface area (Å²) in [5.41, 5.74) is 0.651. The van der Waals surface area contributed by atoms with Gasteiger partial charge in [-0.1, -0.05) is 36.0 Å². The van der Waals surface area contributed by atoms with Crippen LogP contribution in [0.3, 0.4) is 0 Å². The van der Waals surface area contributed by atoms with Crippen molar-refractivity contribution >= 4 is 45.9 Å². The molecule has 3 heterocycles. The molecule has 0 spiro atoms. The third-order valence-corrected chi connectivity index (χ3v) is 7.28. The highest BCUT2D eigenvalue weighted by molar-refractivity contribution is 7.99. The highest BCUT2D eigenvalue weighted by atomic mass is 32.2. The van der Waals surface area contributed by atoms with Gasteiger partial charge in [-0.25, -0.2) is 4.98 Å². The first-order valence-electron chi connectivity index (χ1n) is 11.3. The SMILES string of the molecule is CC1(C)C(=O)Nc2ccccc2N1C(=O)CSc1nc2ccccc2c(=O)n1C[C@H]1CCCO1. The molecule has 5 rings (SSSR count). The molecule has 1 fully saturated rings. The van der Waals surface area contributed by atoms with Crippen LogP contribution in [0, 0.1) is 0 Å². The summed E-state index contributed by atoms with van der Waals surface area (Å²) >= 11 is 1.21. The van der Waals surface area contributed by atoms with Crippen molar-refractivity contribution in [2.45, 2.75) is 50.0 Å². The summed E-state index contributed by atoms with van der Waals surface area (Å²) in [5.74, 6) is -0.450. The minimum Gasteiger partial charge on any atom is -0.376 e. The number of rotatable bonds is 5. The van der Waals surface area contributed by atoms with Gasteiger partial charge < -0.3 is 10.1 Å². The normalized spacial score (nSPS) is 19.2. The number of fused-ring (bicyclic) bond motifs is 2. The van der Waals surface area contributed by atoms with E-state index < -0.39 is 5.54 Å². The van der Waals surface area contributed by atoms with Gasteiger partial charge in [0, 0.05) is 6.61 Å². The molecule has 1 N–H and O–H groups in total. The van der Waals surface area contributed by atoms with Crippen molar-refractivity contribution in [1.82, 2.24) is 9.55 Å². The number of amides is 2. The number of hydrogen-bond donors (Lipinski definition) is 1. The van der Waals surface area contributed by atoms with Crippen molar-refractivity contribution in [1.29, 1.82) is 0 Å². The Hall–Kier alpha value is -3.17. The first-order valence-corrected chi connectivity index (χ1v) is 12.3. The predicted molar refractivity (Wildman–Crippen MR) is 132 cm³/mol. The minimum atomic E-state index is -1.06. The van der Waals surface area contributed by atoms with Gasteiger partial charge in [0.25, 0.3) is 5.56 Å². The maximum absolute atomic E-state index is 13.5. The van der Waals surface area contributed by atoms with Gasteiger partial charge in [0.2, 0.25) is 11.8 Å². The highest BCUT2D eigenvalue weighted by Crippen LogP contribution is 2.37. The quantitative estimate of drug-likeness (QED) is 0.446. The van der Waals surface area contributed by atoms with Gasteiger partial charge in [-0.2, -0.15) is 0 Å². The van der Waals surface area contributed by atoms with E-state index in [2.05, 4.69) is 5.32 Å². The Labute approximate surface area is 201 Å². The molecule has 0 saturated carbocycles. The lowest BCUT2D eigenvalue weighted by atomic mass is 9.96. The van der Waals surface area contributed by atoms with Crippen LogP contribution in [0.5, 0.6) is 0 Å². The molecule has 3 aromatic rings. The fraction of sp³-hybridized carbons (Fsp3) is 0.360. The lowest BCUT2D eigenvalue weighted by Gasteiger charge is -2.42. The lowest BCUT2D eigenvalue weighted by molar-refractivity contribution is -0.125. The first kappa shape index (κ1) is 22.6. The number of ether oxygens (including phenoxy) is 1. The Morgan fingerprint density at radius 1 is 1.18 bits per heavy atom. The Morgan fingerprint density at radius 3 is 2.74 bits per heavy atom. The number of anilines is 2. The molecule has 8 nitrogen and oxygen atoms in total. The number of hydrogen-bond acceptors (Lipinski definition) is 6. The summed E-state index contributed by atoms with van der Waals surface area (Å²) in [5, 5.41) is 3.89. The highest BCUT2D eigenvalue weighted by Gasteiger charge is 2.43. The summed E-state index contributed by atoms with van der Waals surface area (Å²) in [6, 6.07) is 14.5. The summed E-state index contributed by atoms with van der Waals surface area (Å²) in [6.45, 7) is 4.53. The number of benzene rings is 2. The third-order valence-electron chi connectivity index (χ3n) is 6.32. The monoisotopic (exact) mass is 478 g/mol. The Morgan fingerprint density at radius 2 is 1.94 bits per heavy atom. The predicted octanol–water partition coefficient (Wildman–Crippen LogP) is 3.43. The Balaban J connectivity index is 1.47. The minimum absolute atomic E-state index is 0.0291. The molecule has 0 bridgehead atoms. The molecule has 2 amide bonds. The molecule has 176 valence electrons. The van der Waals surface area contributed by atoms with E-state index in [0.717, 1.165) is 12.8 Å².